The van der Waals surface area contributed by atoms with Gasteiger partial charge in [0.05, 0.1) is 5.41 Å². The van der Waals surface area contributed by atoms with Gasteiger partial charge in [0.25, 0.3) is 0 Å². The zero-order valence-electron chi connectivity index (χ0n) is 11.8. The highest BCUT2D eigenvalue weighted by molar-refractivity contribution is 5.82. The molecule has 2 nitrogen and oxygen atoms in total. The number of amides is 1. The van der Waals surface area contributed by atoms with Crippen LogP contribution < -0.4 is 5.73 Å². The van der Waals surface area contributed by atoms with Crippen LogP contribution in [0.25, 0.3) is 0 Å². The molecular formula is C18H21NO. The van der Waals surface area contributed by atoms with Gasteiger partial charge in [-0.3, -0.25) is 4.79 Å². The van der Waals surface area contributed by atoms with Crippen LogP contribution >= 0.6 is 0 Å². The third kappa shape index (κ3) is 1.42. The Hall–Kier alpha value is -1.57. The second-order valence-corrected chi connectivity index (χ2v) is 7.25. The van der Waals surface area contributed by atoms with Crippen LogP contribution in [0.5, 0.6) is 0 Å². The maximum atomic E-state index is 12.1. The van der Waals surface area contributed by atoms with Crippen LogP contribution in [0.4, 0.5) is 0 Å². The predicted octanol–water partition coefficient (Wildman–Crippen LogP) is 3.18. The van der Waals surface area contributed by atoms with Crippen molar-refractivity contribution >= 4 is 5.91 Å². The maximum Gasteiger partial charge on any atom is 0.223 e. The van der Waals surface area contributed by atoms with Gasteiger partial charge in [-0.1, -0.05) is 42.5 Å². The van der Waals surface area contributed by atoms with Crippen LogP contribution in [0.2, 0.25) is 0 Å². The van der Waals surface area contributed by atoms with E-state index in [-0.39, 0.29) is 16.7 Å². The minimum absolute atomic E-state index is 0.0836. The van der Waals surface area contributed by atoms with Gasteiger partial charge in [0.15, 0.2) is 0 Å². The van der Waals surface area contributed by atoms with Crippen LogP contribution in [-0.2, 0) is 10.2 Å². The Morgan fingerprint density at radius 3 is 2.25 bits per heavy atom. The normalized spacial score (nSPS) is 41.9. The lowest BCUT2D eigenvalue weighted by molar-refractivity contribution is -0.140. The summed E-state index contributed by atoms with van der Waals surface area (Å²) in [5.41, 5.74) is 8.46. The van der Waals surface area contributed by atoms with Gasteiger partial charge >= 0.3 is 0 Å². The SMILES string of the molecule is C=C1C2CC3(C(N)=O)CC1CC(c1ccccc1)(C2)C3. The number of hydrogen-bond acceptors (Lipinski definition) is 1. The van der Waals surface area contributed by atoms with Crippen LogP contribution in [0.15, 0.2) is 42.5 Å². The number of carbonyl (C=O) groups is 1. The molecule has 4 bridgehead atoms. The molecule has 0 aliphatic heterocycles. The van der Waals surface area contributed by atoms with E-state index >= 15 is 0 Å². The Morgan fingerprint density at radius 1 is 1.10 bits per heavy atom. The van der Waals surface area contributed by atoms with E-state index in [9.17, 15) is 4.79 Å². The molecule has 20 heavy (non-hydrogen) atoms. The summed E-state index contributed by atoms with van der Waals surface area (Å²) in [5, 5.41) is 0. The number of carbonyl (C=O) groups excluding carboxylic acids is 1. The summed E-state index contributed by atoms with van der Waals surface area (Å²) >= 11 is 0. The number of rotatable bonds is 2. The fourth-order valence-corrected chi connectivity index (χ4v) is 5.41. The molecule has 2 heteroatoms. The highest BCUT2D eigenvalue weighted by Crippen LogP contribution is 2.66. The van der Waals surface area contributed by atoms with Gasteiger partial charge in [0.2, 0.25) is 5.91 Å². The minimum atomic E-state index is -0.275. The molecule has 0 aromatic heterocycles. The van der Waals surface area contributed by atoms with Crippen molar-refractivity contribution in [1.29, 1.82) is 0 Å². The van der Waals surface area contributed by atoms with E-state index in [1.165, 1.54) is 11.1 Å². The molecule has 4 aliphatic rings. The monoisotopic (exact) mass is 267 g/mol. The molecule has 4 fully saturated rings. The summed E-state index contributed by atoms with van der Waals surface area (Å²) in [6.07, 6.45) is 5.13. The summed E-state index contributed by atoms with van der Waals surface area (Å²) in [5.74, 6) is 0.896. The second-order valence-electron chi connectivity index (χ2n) is 7.25. The molecule has 5 rings (SSSR count). The highest BCUT2D eigenvalue weighted by atomic mass is 16.1. The quantitative estimate of drug-likeness (QED) is 0.822. The number of hydrogen-bond donors (Lipinski definition) is 1. The molecule has 0 radical (unpaired) electrons. The summed E-state index contributed by atoms with van der Waals surface area (Å²) in [6, 6.07) is 10.7. The van der Waals surface area contributed by atoms with Gasteiger partial charge in [0.1, 0.15) is 0 Å². The number of nitrogens with two attached hydrogens (primary N) is 1. The molecule has 2 unspecified atom stereocenters. The Morgan fingerprint density at radius 2 is 1.70 bits per heavy atom. The Balaban J connectivity index is 1.84. The molecule has 0 heterocycles. The summed E-state index contributed by atoms with van der Waals surface area (Å²) in [4.78, 5) is 12.1. The first-order valence-corrected chi connectivity index (χ1v) is 7.59. The predicted molar refractivity (Wildman–Crippen MR) is 79.0 cm³/mol. The smallest absolute Gasteiger partial charge is 0.223 e. The number of allylic oxidation sites excluding steroid dienone is 1. The third-order valence-electron chi connectivity index (χ3n) is 6.18. The topological polar surface area (TPSA) is 43.1 Å². The van der Waals surface area contributed by atoms with Crippen LogP contribution in [0, 0.1) is 17.3 Å². The van der Waals surface area contributed by atoms with E-state index in [0.29, 0.717) is 11.8 Å². The molecule has 2 atom stereocenters. The molecule has 4 saturated carbocycles. The van der Waals surface area contributed by atoms with Crippen molar-refractivity contribution in [3.05, 3.63) is 48.0 Å². The van der Waals surface area contributed by atoms with Gasteiger partial charge in [0, 0.05) is 0 Å². The fourth-order valence-electron chi connectivity index (χ4n) is 5.41. The Bertz CT molecular complexity index is 571. The highest BCUT2D eigenvalue weighted by Gasteiger charge is 2.61. The van der Waals surface area contributed by atoms with E-state index in [4.69, 9.17) is 5.73 Å². The van der Waals surface area contributed by atoms with Crippen molar-refractivity contribution in [3.8, 4) is 0 Å². The lowest BCUT2D eigenvalue weighted by Crippen LogP contribution is -2.59. The molecule has 0 saturated heterocycles. The average molecular weight is 267 g/mol. The molecule has 1 aromatic rings. The van der Waals surface area contributed by atoms with E-state index in [2.05, 4.69) is 36.9 Å². The zero-order chi connectivity index (χ0) is 14.0. The molecule has 1 aromatic carbocycles. The van der Waals surface area contributed by atoms with E-state index in [1.807, 2.05) is 0 Å². The van der Waals surface area contributed by atoms with Crippen LogP contribution in [-0.4, -0.2) is 5.91 Å². The summed E-state index contributed by atoms with van der Waals surface area (Å²) in [6.45, 7) is 4.32. The lowest BCUT2D eigenvalue weighted by Gasteiger charge is -2.62. The molecular weight excluding hydrogens is 246 g/mol. The fraction of sp³-hybridized carbons (Fsp3) is 0.500. The van der Waals surface area contributed by atoms with Crippen molar-refractivity contribution in [3.63, 3.8) is 0 Å². The summed E-state index contributed by atoms with van der Waals surface area (Å²) < 4.78 is 0. The van der Waals surface area contributed by atoms with Gasteiger partial charge in [-0.05, 0) is 54.9 Å². The summed E-state index contributed by atoms with van der Waals surface area (Å²) in [7, 11) is 0. The Kier molecular flexibility index (Phi) is 2.28. The second kappa shape index (κ2) is 3.75. The van der Waals surface area contributed by atoms with E-state index in [0.717, 1.165) is 32.1 Å². The molecule has 4 aliphatic carbocycles. The van der Waals surface area contributed by atoms with E-state index in [1.54, 1.807) is 0 Å². The van der Waals surface area contributed by atoms with Crippen molar-refractivity contribution < 1.29 is 4.79 Å². The first-order valence-electron chi connectivity index (χ1n) is 7.59. The molecule has 0 spiro atoms. The first kappa shape index (κ1) is 12.2. The molecule has 1 amide bonds. The average Bonchev–Trinajstić information content (AvgIpc) is 2.44. The van der Waals surface area contributed by atoms with Crippen molar-refractivity contribution in [2.24, 2.45) is 23.0 Å². The van der Waals surface area contributed by atoms with E-state index < -0.39 is 0 Å². The van der Waals surface area contributed by atoms with Crippen LogP contribution in [0.1, 0.15) is 37.7 Å². The largest absolute Gasteiger partial charge is 0.369 e. The third-order valence-corrected chi connectivity index (χ3v) is 6.18. The maximum absolute atomic E-state index is 12.1. The van der Waals surface area contributed by atoms with Crippen molar-refractivity contribution in [2.75, 3.05) is 0 Å². The Labute approximate surface area is 120 Å². The minimum Gasteiger partial charge on any atom is -0.369 e. The lowest BCUT2D eigenvalue weighted by atomic mass is 9.41. The van der Waals surface area contributed by atoms with Gasteiger partial charge in [-0.15, -0.1) is 0 Å². The number of primary amides is 1. The van der Waals surface area contributed by atoms with Gasteiger partial charge < -0.3 is 5.73 Å². The standard InChI is InChI=1S/C18H21NO/c1-12-13-7-17(15-5-3-2-4-6-15)8-14(12)10-18(9-13,11-17)16(19)20/h2-6,13-14H,1,7-11H2,(H2,19,20). The molecule has 104 valence electrons. The first-order chi connectivity index (χ1) is 9.55. The number of benzene rings is 1. The van der Waals surface area contributed by atoms with Gasteiger partial charge in [-0.25, -0.2) is 0 Å². The van der Waals surface area contributed by atoms with Crippen molar-refractivity contribution in [1.82, 2.24) is 0 Å². The van der Waals surface area contributed by atoms with Crippen molar-refractivity contribution in [2.45, 2.75) is 37.5 Å². The zero-order valence-corrected chi connectivity index (χ0v) is 11.8. The van der Waals surface area contributed by atoms with Gasteiger partial charge in [-0.2, -0.15) is 0 Å². The van der Waals surface area contributed by atoms with Crippen LogP contribution in [0.3, 0.4) is 0 Å². The molecule has 2 N–H and O–H groups in total.